The standard InChI is InChI=1S/C22H15Cl2N3O4/c1-2-8-31-21(29)19-14(18-15(24)9-12(23)10-16(18)25-19)11-17-20(28)27(22(30)26-17)13-6-4-3-5-7-13/h2-7,9-11,25H,1,8H2,(H,26,30). The Morgan fingerprint density at radius 2 is 1.90 bits per heavy atom. The van der Waals surface area contributed by atoms with Gasteiger partial charge in [-0.15, -0.1) is 0 Å². The third-order valence-electron chi connectivity index (χ3n) is 4.57. The molecule has 156 valence electrons. The number of fused-ring (bicyclic) bond motifs is 1. The van der Waals surface area contributed by atoms with E-state index in [0.29, 0.717) is 27.2 Å². The summed E-state index contributed by atoms with van der Waals surface area (Å²) in [6, 6.07) is 11.0. The Labute approximate surface area is 186 Å². The van der Waals surface area contributed by atoms with E-state index in [0.717, 1.165) is 4.90 Å². The first-order valence-electron chi connectivity index (χ1n) is 9.11. The van der Waals surface area contributed by atoms with Gasteiger partial charge in [-0.3, -0.25) is 4.79 Å². The van der Waals surface area contributed by atoms with Gasteiger partial charge in [-0.05, 0) is 30.3 Å². The van der Waals surface area contributed by atoms with Gasteiger partial charge in [0, 0.05) is 21.5 Å². The number of ether oxygens (including phenoxy) is 1. The predicted molar refractivity (Wildman–Crippen MR) is 119 cm³/mol. The number of rotatable bonds is 5. The summed E-state index contributed by atoms with van der Waals surface area (Å²) in [6.07, 6.45) is 2.83. The zero-order valence-corrected chi connectivity index (χ0v) is 17.5. The molecule has 3 amide bonds. The van der Waals surface area contributed by atoms with Gasteiger partial charge in [0.1, 0.15) is 18.0 Å². The minimum Gasteiger partial charge on any atom is -0.457 e. The Morgan fingerprint density at radius 1 is 1.16 bits per heavy atom. The highest BCUT2D eigenvalue weighted by molar-refractivity contribution is 6.39. The van der Waals surface area contributed by atoms with E-state index in [1.54, 1.807) is 36.4 Å². The molecule has 0 spiro atoms. The van der Waals surface area contributed by atoms with Crippen LogP contribution in [0.4, 0.5) is 10.5 Å². The van der Waals surface area contributed by atoms with Crippen LogP contribution in [0.25, 0.3) is 17.0 Å². The predicted octanol–water partition coefficient (Wildman–Crippen LogP) is 4.91. The van der Waals surface area contributed by atoms with Crippen molar-refractivity contribution < 1.29 is 19.1 Å². The number of amides is 3. The van der Waals surface area contributed by atoms with Crippen LogP contribution in [0, 0.1) is 0 Å². The number of anilines is 1. The number of H-pyrrole nitrogens is 1. The number of benzene rings is 2. The highest BCUT2D eigenvalue weighted by Gasteiger charge is 2.35. The fourth-order valence-electron chi connectivity index (χ4n) is 3.28. The first-order valence-corrected chi connectivity index (χ1v) is 9.87. The third kappa shape index (κ3) is 3.81. The van der Waals surface area contributed by atoms with E-state index in [1.165, 1.54) is 18.2 Å². The Morgan fingerprint density at radius 3 is 2.61 bits per heavy atom. The molecule has 1 aromatic heterocycles. The summed E-state index contributed by atoms with van der Waals surface area (Å²) in [7, 11) is 0. The van der Waals surface area contributed by atoms with Crippen molar-refractivity contribution in [2.45, 2.75) is 0 Å². The van der Waals surface area contributed by atoms with Crippen LogP contribution >= 0.6 is 23.2 Å². The zero-order valence-electron chi connectivity index (χ0n) is 15.9. The molecule has 0 unspecified atom stereocenters. The van der Waals surface area contributed by atoms with E-state index in [-0.39, 0.29) is 23.0 Å². The lowest BCUT2D eigenvalue weighted by Gasteiger charge is -2.10. The maximum atomic E-state index is 13.0. The summed E-state index contributed by atoms with van der Waals surface area (Å²) in [6.45, 7) is 3.52. The zero-order chi connectivity index (χ0) is 22.1. The number of urea groups is 1. The van der Waals surface area contributed by atoms with Gasteiger partial charge < -0.3 is 15.0 Å². The molecule has 0 saturated carbocycles. The van der Waals surface area contributed by atoms with Gasteiger partial charge in [-0.2, -0.15) is 0 Å². The number of hydrogen-bond acceptors (Lipinski definition) is 4. The van der Waals surface area contributed by atoms with E-state index in [9.17, 15) is 14.4 Å². The molecule has 0 radical (unpaired) electrons. The fourth-order valence-corrected chi connectivity index (χ4v) is 3.87. The number of esters is 1. The fraction of sp³-hybridized carbons (Fsp3) is 0.0455. The van der Waals surface area contributed by atoms with Crippen LogP contribution in [0.1, 0.15) is 16.1 Å². The van der Waals surface area contributed by atoms with Crippen LogP contribution in [-0.2, 0) is 9.53 Å². The molecule has 31 heavy (non-hydrogen) atoms. The van der Waals surface area contributed by atoms with Crippen LogP contribution in [0.5, 0.6) is 0 Å². The number of aromatic nitrogens is 1. The lowest BCUT2D eigenvalue weighted by molar-refractivity contribution is -0.113. The van der Waals surface area contributed by atoms with Crippen LogP contribution < -0.4 is 10.2 Å². The molecule has 0 bridgehead atoms. The number of nitrogens with zero attached hydrogens (tertiary/aromatic N) is 1. The first-order chi connectivity index (χ1) is 14.9. The van der Waals surface area contributed by atoms with E-state index in [1.807, 2.05) is 0 Å². The topological polar surface area (TPSA) is 91.5 Å². The van der Waals surface area contributed by atoms with E-state index < -0.39 is 17.9 Å². The van der Waals surface area contributed by atoms with Crippen LogP contribution in [0.15, 0.2) is 60.8 Å². The molecule has 1 aliphatic rings. The maximum Gasteiger partial charge on any atom is 0.355 e. The SMILES string of the molecule is C=CCOC(=O)c1[nH]c2cc(Cl)cc(Cl)c2c1C=C1NC(=O)N(c2ccccc2)C1=O. The van der Waals surface area contributed by atoms with Crippen molar-refractivity contribution in [2.24, 2.45) is 0 Å². The number of carbonyl (C=O) groups excluding carboxylic acids is 3. The van der Waals surface area contributed by atoms with Crippen LogP contribution in [0.3, 0.4) is 0 Å². The maximum absolute atomic E-state index is 13.0. The minimum absolute atomic E-state index is 0.00382. The molecule has 1 aliphatic heterocycles. The lowest BCUT2D eigenvalue weighted by Crippen LogP contribution is -2.30. The minimum atomic E-state index is -0.674. The second-order valence-electron chi connectivity index (χ2n) is 6.58. The van der Waals surface area contributed by atoms with Crippen molar-refractivity contribution >= 4 is 63.8 Å². The molecular weight excluding hydrogens is 441 g/mol. The Balaban J connectivity index is 1.84. The summed E-state index contributed by atoms with van der Waals surface area (Å²) < 4.78 is 5.14. The Hall–Kier alpha value is -3.55. The van der Waals surface area contributed by atoms with E-state index in [2.05, 4.69) is 16.9 Å². The average molecular weight is 456 g/mol. The van der Waals surface area contributed by atoms with Crippen molar-refractivity contribution in [1.29, 1.82) is 0 Å². The molecule has 0 atom stereocenters. The van der Waals surface area contributed by atoms with Gasteiger partial charge in [0.15, 0.2) is 0 Å². The van der Waals surface area contributed by atoms with Crippen LogP contribution in [-0.4, -0.2) is 29.5 Å². The van der Waals surface area contributed by atoms with Crippen molar-refractivity contribution in [1.82, 2.24) is 10.3 Å². The van der Waals surface area contributed by atoms with Gasteiger partial charge in [-0.1, -0.05) is 54.1 Å². The number of nitrogens with one attached hydrogen (secondary N) is 2. The van der Waals surface area contributed by atoms with Crippen molar-refractivity contribution in [2.75, 3.05) is 11.5 Å². The molecule has 2 heterocycles. The van der Waals surface area contributed by atoms with Gasteiger partial charge in [-0.25, -0.2) is 14.5 Å². The molecule has 2 N–H and O–H groups in total. The number of aromatic amines is 1. The average Bonchev–Trinajstić information content (AvgIpc) is 3.24. The summed E-state index contributed by atoms with van der Waals surface area (Å²) >= 11 is 12.5. The molecular formula is C22H15Cl2N3O4. The lowest BCUT2D eigenvalue weighted by atomic mass is 10.1. The number of carbonyl (C=O) groups is 3. The quantitative estimate of drug-likeness (QED) is 0.247. The smallest absolute Gasteiger partial charge is 0.355 e. The van der Waals surface area contributed by atoms with Gasteiger partial charge >= 0.3 is 12.0 Å². The molecule has 7 nitrogen and oxygen atoms in total. The van der Waals surface area contributed by atoms with Gasteiger partial charge in [0.05, 0.1) is 10.7 Å². The molecule has 1 saturated heterocycles. The second-order valence-corrected chi connectivity index (χ2v) is 7.42. The van der Waals surface area contributed by atoms with Crippen LogP contribution in [0.2, 0.25) is 10.0 Å². The number of imide groups is 1. The second kappa shape index (κ2) is 8.29. The summed E-state index contributed by atoms with van der Waals surface area (Å²) in [5.41, 5.74) is 1.24. The van der Waals surface area contributed by atoms with E-state index in [4.69, 9.17) is 27.9 Å². The molecule has 9 heteroatoms. The third-order valence-corrected chi connectivity index (χ3v) is 5.09. The van der Waals surface area contributed by atoms with Gasteiger partial charge in [0.25, 0.3) is 5.91 Å². The van der Waals surface area contributed by atoms with Crippen molar-refractivity contribution in [3.63, 3.8) is 0 Å². The molecule has 4 rings (SSSR count). The highest BCUT2D eigenvalue weighted by atomic mass is 35.5. The monoisotopic (exact) mass is 455 g/mol. The summed E-state index contributed by atoms with van der Waals surface area (Å²) in [5.74, 6) is -1.24. The number of hydrogen-bond donors (Lipinski definition) is 2. The summed E-state index contributed by atoms with van der Waals surface area (Å²) in [4.78, 5) is 42.0. The number of halogens is 2. The number of para-hydroxylation sites is 1. The molecule has 0 aliphatic carbocycles. The Bertz CT molecular complexity index is 1260. The van der Waals surface area contributed by atoms with Crippen molar-refractivity contribution in [3.05, 3.63) is 82.1 Å². The molecule has 2 aromatic carbocycles. The first kappa shape index (κ1) is 20.7. The normalized spacial score (nSPS) is 14.9. The molecule has 3 aromatic rings. The van der Waals surface area contributed by atoms with Gasteiger partial charge in [0.2, 0.25) is 0 Å². The largest absolute Gasteiger partial charge is 0.457 e. The Kier molecular flexibility index (Phi) is 5.54. The summed E-state index contributed by atoms with van der Waals surface area (Å²) in [5, 5.41) is 3.64. The van der Waals surface area contributed by atoms with Crippen molar-refractivity contribution in [3.8, 4) is 0 Å². The highest BCUT2D eigenvalue weighted by Crippen LogP contribution is 2.35. The van der Waals surface area contributed by atoms with E-state index >= 15 is 0 Å². The molecule has 1 fully saturated rings.